The van der Waals surface area contributed by atoms with E-state index in [0.29, 0.717) is 12.3 Å². The van der Waals surface area contributed by atoms with Crippen LogP contribution in [0.4, 0.5) is 4.39 Å². The molecule has 2 nitrogen and oxygen atoms in total. The van der Waals surface area contributed by atoms with Crippen LogP contribution in [-0.2, 0) is 4.84 Å². The van der Waals surface area contributed by atoms with Gasteiger partial charge in [-0.3, -0.25) is 0 Å². The molecule has 0 bridgehead atoms. The summed E-state index contributed by atoms with van der Waals surface area (Å²) in [4.78, 5) is 5.12. The zero-order chi connectivity index (χ0) is 10.8. The maximum absolute atomic E-state index is 12.9. The van der Waals surface area contributed by atoms with Crippen LogP contribution in [0.3, 0.4) is 0 Å². The molecule has 0 amide bonds. The van der Waals surface area contributed by atoms with Crippen LogP contribution in [0.1, 0.15) is 17.5 Å². The first-order chi connectivity index (χ1) is 7.20. The van der Waals surface area contributed by atoms with Crippen LogP contribution in [0.15, 0.2) is 23.4 Å². The first-order valence-electron chi connectivity index (χ1n) is 4.76. The van der Waals surface area contributed by atoms with Gasteiger partial charge in [0.15, 0.2) is 0 Å². The molecule has 0 saturated carbocycles. The second kappa shape index (κ2) is 4.19. The minimum Gasteiger partial charge on any atom is -0.391 e. The highest BCUT2D eigenvalue weighted by atomic mass is 35.5. The molecular formula is C11H11ClFNO. The Hall–Kier alpha value is -1.09. The van der Waals surface area contributed by atoms with Gasteiger partial charge in [0.2, 0.25) is 0 Å². The highest BCUT2D eigenvalue weighted by Gasteiger charge is 2.22. The van der Waals surface area contributed by atoms with Crippen molar-refractivity contribution in [2.45, 2.75) is 19.4 Å². The van der Waals surface area contributed by atoms with Gasteiger partial charge in [-0.15, -0.1) is 11.6 Å². The Labute approximate surface area is 92.7 Å². The number of oxime groups is 1. The van der Waals surface area contributed by atoms with Gasteiger partial charge in [-0.05, 0) is 30.7 Å². The third-order valence-electron chi connectivity index (χ3n) is 2.40. The zero-order valence-corrected chi connectivity index (χ0v) is 9.09. The van der Waals surface area contributed by atoms with Gasteiger partial charge >= 0.3 is 0 Å². The summed E-state index contributed by atoms with van der Waals surface area (Å²) < 4.78 is 12.9. The molecule has 0 N–H and O–H groups in total. The molecule has 80 valence electrons. The summed E-state index contributed by atoms with van der Waals surface area (Å²) in [5.74, 6) is 0.192. The van der Waals surface area contributed by atoms with Gasteiger partial charge < -0.3 is 4.84 Å². The Balaban J connectivity index is 2.24. The zero-order valence-electron chi connectivity index (χ0n) is 8.34. The third kappa shape index (κ3) is 2.12. The monoisotopic (exact) mass is 227 g/mol. The predicted molar refractivity (Wildman–Crippen MR) is 57.9 cm³/mol. The summed E-state index contributed by atoms with van der Waals surface area (Å²) >= 11 is 5.67. The number of benzene rings is 1. The summed E-state index contributed by atoms with van der Waals surface area (Å²) in [6, 6.07) is 4.65. The molecule has 0 aliphatic carbocycles. The highest BCUT2D eigenvalue weighted by molar-refractivity contribution is 6.18. The molecule has 0 aromatic heterocycles. The smallest absolute Gasteiger partial charge is 0.146 e. The van der Waals surface area contributed by atoms with Crippen molar-refractivity contribution in [1.29, 1.82) is 0 Å². The lowest BCUT2D eigenvalue weighted by Crippen LogP contribution is -2.10. The Morgan fingerprint density at radius 3 is 3.00 bits per heavy atom. The van der Waals surface area contributed by atoms with E-state index in [2.05, 4.69) is 5.16 Å². The molecule has 4 heteroatoms. The second-order valence-corrected chi connectivity index (χ2v) is 3.89. The molecular weight excluding hydrogens is 217 g/mol. The van der Waals surface area contributed by atoms with Crippen LogP contribution in [0.25, 0.3) is 0 Å². The van der Waals surface area contributed by atoms with Crippen molar-refractivity contribution in [3.05, 3.63) is 35.1 Å². The third-order valence-corrected chi connectivity index (χ3v) is 2.75. The van der Waals surface area contributed by atoms with Crippen molar-refractivity contribution >= 4 is 17.3 Å². The molecule has 1 atom stereocenters. The molecule has 1 aromatic carbocycles. The minimum absolute atomic E-state index is 0.0499. The Kier molecular flexibility index (Phi) is 2.91. The molecule has 1 aliphatic rings. The summed E-state index contributed by atoms with van der Waals surface area (Å²) in [5.41, 5.74) is 2.65. The summed E-state index contributed by atoms with van der Waals surface area (Å²) in [7, 11) is 0. The van der Waals surface area contributed by atoms with Crippen LogP contribution in [0.2, 0.25) is 0 Å². The highest BCUT2D eigenvalue weighted by Crippen LogP contribution is 2.20. The van der Waals surface area contributed by atoms with E-state index in [9.17, 15) is 4.39 Å². The van der Waals surface area contributed by atoms with Gasteiger partial charge in [0.05, 0.1) is 11.6 Å². The van der Waals surface area contributed by atoms with Crippen molar-refractivity contribution in [2.24, 2.45) is 5.16 Å². The number of alkyl halides is 1. The van der Waals surface area contributed by atoms with Gasteiger partial charge in [0.25, 0.3) is 0 Å². The minimum atomic E-state index is -0.232. The lowest BCUT2D eigenvalue weighted by molar-refractivity contribution is 0.102. The average molecular weight is 228 g/mol. The van der Waals surface area contributed by atoms with E-state index in [1.54, 1.807) is 6.07 Å². The first-order valence-corrected chi connectivity index (χ1v) is 5.29. The van der Waals surface area contributed by atoms with Crippen LogP contribution in [0, 0.1) is 12.7 Å². The van der Waals surface area contributed by atoms with Crippen molar-refractivity contribution in [3.63, 3.8) is 0 Å². The van der Waals surface area contributed by atoms with Crippen molar-refractivity contribution in [2.75, 3.05) is 5.88 Å². The van der Waals surface area contributed by atoms with Gasteiger partial charge in [0.1, 0.15) is 11.9 Å². The molecule has 0 spiro atoms. The van der Waals surface area contributed by atoms with Crippen LogP contribution < -0.4 is 0 Å². The fourth-order valence-electron chi connectivity index (χ4n) is 1.62. The molecule has 1 unspecified atom stereocenters. The van der Waals surface area contributed by atoms with E-state index >= 15 is 0 Å². The number of nitrogens with zero attached hydrogens (tertiary/aromatic N) is 1. The number of hydrogen-bond donors (Lipinski definition) is 0. The normalized spacial score (nSPS) is 19.9. The van der Waals surface area contributed by atoms with E-state index in [-0.39, 0.29) is 11.9 Å². The van der Waals surface area contributed by atoms with Gasteiger partial charge in [-0.2, -0.15) is 0 Å². The van der Waals surface area contributed by atoms with Crippen LogP contribution >= 0.6 is 11.6 Å². The SMILES string of the molecule is Cc1cc(F)ccc1C1=NOC(CCl)C1. The number of aryl methyl sites for hydroxylation is 1. The molecule has 1 aliphatic heterocycles. The molecule has 1 aromatic rings. The fourth-order valence-corrected chi connectivity index (χ4v) is 1.79. The lowest BCUT2D eigenvalue weighted by Gasteiger charge is -2.04. The van der Waals surface area contributed by atoms with Crippen LogP contribution in [-0.4, -0.2) is 17.7 Å². The van der Waals surface area contributed by atoms with Gasteiger partial charge in [0, 0.05) is 12.0 Å². The standard InChI is InChI=1S/C11H11ClFNO/c1-7-4-8(13)2-3-10(7)11-5-9(6-12)15-14-11/h2-4,9H,5-6H2,1H3. The van der Waals surface area contributed by atoms with E-state index in [1.807, 2.05) is 6.92 Å². The molecule has 0 fully saturated rings. The lowest BCUT2D eigenvalue weighted by atomic mass is 10.0. The summed E-state index contributed by atoms with van der Waals surface area (Å²) in [6.07, 6.45) is 0.641. The maximum Gasteiger partial charge on any atom is 0.146 e. The van der Waals surface area contributed by atoms with E-state index < -0.39 is 0 Å². The van der Waals surface area contributed by atoms with Crippen molar-refractivity contribution in [1.82, 2.24) is 0 Å². The topological polar surface area (TPSA) is 21.6 Å². The van der Waals surface area contributed by atoms with E-state index in [4.69, 9.17) is 16.4 Å². The fraction of sp³-hybridized carbons (Fsp3) is 0.364. The Bertz CT molecular complexity index is 406. The molecule has 2 rings (SSSR count). The summed E-state index contributed by atoms with van der Waals surface area (Å²) in [6.45, 7) is 1.86. The van der Waals surface area contributed by atoms with Gasteiger partial charge in [-0.1, -0.05) is 5.16 Å². The largest absolute Gasteiger partial charge is 0.391 e. The van der Waals surface area contributed by atoms with Crippen molar-refractivity contribution in [3.8, 4) is 0 Å². The second-order valence-electron chi connectivity index (χ2n) is 3.58. The van der Waals surface area contributed by atoms with Crippen molar-refractivity contribution < 1.29 is 9.23 Å². The van der Waals surface area contributed by atoms with Gasteiger partial charge in [-0.25, -0.2) is 4.39 Å². The molecule has 15 heavy (non-hydrogen) atoms. The number of hydrogen-bond acceptors (Lipinski definition) is 2. The molecule has 1 heterocycles. The van der Waals surface area contributed by atoms with E-state index in [1.165, 1.54) is 12.1 Å². The quantitative estimate of drug-likeness (QED) is 0.712. The number of rotatable bonds is 2. The predicted octanol–water partition coefficient (Wildman–Crippen LogP) is 2.87. The first kappa shape index (κ1) is 10.4. The number of halogens is 2. The van der Waals surface area contributed by atoms with E-state index in [0.717, 1.165) is 16.8 Å². The molecule has 0 radical (unpaired) electrons. The van der Waals surface area contributed by atoms with Crippen LogP contribution in [0.5, 0.6) is 0 Å². The summed E-state index contributed by atoms with van der Waals surface area (Å²) in [5, 5.41) is 3.96. The Morgan fingerprint density at radius 2 is 2.40 bits per heavy atom. The average Bonchev–Trinajstić information content (AvgIpc) is 2.66. The Morgan fingerprint density at radius 1 is 1.60 bits per heavy atom. The molecule has 0 saturated heterocycles. The maximum atomic E-state index is 12.9.